The van der Waals surface area contributed by atoms with E-state index in [1.807, 2.05) is 6.07 Å². The van der Waals surface area contributed by atoms with E-state index in [4.69, 9.17) is 29.4 Å². The first-order valence-electron chi connectivity index (χ1n) is 14.2. The van der Waals surface area contributed by atoms with Crippen LogP contribution in [0.15, 0.2) is 42.5 Å². The smallest absolute Gasteiger partial charge is 0.410 e. The molecule has 0 spiro atoms. The minimum atomic E-state index is -0.455. The number of benzene rings is 2. The van der Waals surface area contributed by atoms with E-state index in [0.717, 1.165) is 43.1 Å². The van der Waals surface area contributed by atoms with Crippen molar-refractivity contribution in [3.63, 3.8) is 0 Å². The minimum absolute atomic E-state index is 0.0352. The third-order valence-corrected chi connectivity index (χ3v) is 7.97. The molecular formula is C30H35N7O4. The van der Waals surface area contributed by atoms with Gasteiger partial charge >= 0.3 is 12.1 Å². The monoisotopic (exact) mass is 557 g/mol. The number of amides is 1. The summed E-state index contributed by atoms with van der Waals surface area (Å²) in [6, 6.07) is 17.1. The summed E-state index contributed by atoms with van der Waals surface area (Å²) in [6.07, 6.45) is 0.310. The SMILES string of the molecule is CN1CCO[C@@H](COc2nc3c(c(N4CCN(C(=O)OCC#N)CC4)n2)CCN(c2cccc4ccccc24)C3)C1. The molecule has 0 N–H and O–H groups in total. The van der Waals surface area contributed by atoms with E-state index in [0.29, 0.717) is 51.9 Å². The van der Waals surface area contributed by atoms with Gasteiger partial charge in [0.1, 0.15) is 24.6 Å². The van der Waals surface area contributed by atoms with Crippen LogP contribution >= 0.6 is 0 Å². The molecule has 11 heteroatoms. The number of fused-ring (bicyclic) bond motifs is 2. The quantitative estimate of drug-likeness (QED) is 0.449. The standard InChI is InChI=1S/C30H35N7O4/c1-34-16-18-39-23(19-34)21-41-29-32-26-20-37(27-8-4-6-22-5-2-3-7-24(22)27)11-9-25(26)28(33-29)35-12-14-36(15-13-35)30(38)40-17-10-31/h2-8,23H,9,11-21H2,1H3/t23-/m1/s1. The van der Waals surface area contributed by atoms with Crippen LogP contribution in [0.25, 0.3) is 10.8 Å². The normalized spacial score (nSPS) is 19.5. The van der Waals surface area contributed by atoms with Gasteiger partial charge in [-0.05, 0) is 24.9 Å². The Kier molecular flexibility index (Phi) is 8.02. The maximum absolute atomic E-state index is 12.3. The summed E-state index contributed by atoms with van der Waals surface area (Å²) in [4.78, 5) is 30.6. The first-order chi connectivity index (χ1) is 20.1. The van der Waals surface area contributed by atoms with Crippen LogP contribution < -0.4 is 14.5 Å². The molecule has 3 aromatic rings. The summed E-state index contributed by atoms with van der Waals surface area (Å²) in [5, 5.41) is 11.2. The largest absolute Gasteiger partial charge is 0.461 e. The lowest BCUT2D eigenvalue weighted by Gasteiger charge is -2.38. The number of nitriles is 1. The molecule has 6 rings (SSSR count). The Morgan fingerprint density at radius 3 is 2.71 bits per heavy atom. The lowest BCUT2D eigenvalue weighted by atomic mass is 10.0. The molecule has 0 bridgehead atoms. The summed E-state index contributed by atoms with van der Waals surface area (Å²) in [5.74, 6) is 0.870. The fraction of sp³-hybridized carbons (Fsp3) is 0.467. The number of rotatable bonds is 6. The molecular weight excluding hydrogens is 522 g/mol. The molecule has 1 amide bonds. The molecule has 2 fully saturated rings. The Hall–Kier alpha value is -4.14. The Labute approximate surface area is 239 Å². The lowest BCUT2D eigenvalue weighted by Crippen LogP contribution is -2.49. The molecule has 41 heavy (non-hydrogen) atoms. The first-order valence-corrected chi connectivity index (χ1v) is 14.2. The number of piperazine rings is 1. The van der Waals surface area contributed by atoms with Gasteiger partial charge in [0.25, 0.3) is 0 Å². The maximum atomic E-state index is 12.3. The molecule has 2 saturated heterocycles. The highest BCUT2D eigenvalue weighted by Gasteiger charge is 2.30. The minimum Gasteiger partial charge on any atom is -0.461 e. The van der Waals surface area contributed by atoms with Crippen LogP contribution in [0.4, 0.5) is 16.3 Å². The highest BCUT2D eigenvalue weighted by molar-refractivity contribution is 5.94. The zero-order chi connectivity index (χ0) is 28.2. The topological polar surface area (TPSA) is 107 Å². The predicted octanol–water partition coefficient (Wildman–Crippen LogP) is 2.68. The van der Waals surface area contributed by atoms with Gasteiger partial charge in [0, 0.05) is 62.5 Å². The van der Waals surface area contributed by atoms with E-state index in [-0.39, 0.29) is 12.7 Å². The molecule has 0 unspecified atom stereocenters. The number of likely N-dealkylation sites (N-methyl/N-ethyl adjacent to an activating group) is 1. The highest BCUT2D eigenvalue weighted by Crippen LogP contribution is 2.34. The van der Waals surface area contributed by atoms with Crippen molar-refractivity contribution in [2.45, 2.75) is 19.1 Å². The average Bonchev–Trinajstić information content (AvgIpc) is 3.02. The molecule has 1 atom stereocenters. The number of morpholine rings is 1. The number of aromatic nitrogens is 2. The number of hydrogen-bond acceptors (Lipinski definition) is 10. The van der Waals surface area contributed by atoms with Gasteiger partial charge in [0.2, 0.25) is 0 Å². The van der Waals surface area contributed by atoms with E-state index >= 15 is 0 Å². The third kappa shape index (κ3) is 5.99. The van der Waals surface area contributed by atoms with Crippen molar-refractivity contribution in [1.82, 2.24) is 19.8 Å². The van der Waals surface area contributed by atoms with Crippen molar-refractivity contribution >= 4 is 28.4 Å². The number of carbonyl (C=O) groups is 1. The molecule has 3 aliphatic heterocycles. The average molecular weight is 558 g/mol. The molecule has 2 aromatic carbocycles. The number of nitrogens with zero attached hydrogens (tertiary/aromatic N) is 7. The van der Waals surface area contributed by atoms with Crippen molar-refractivity contribution < 1.29 is 19.0 Å². The Bertz CT molecular complexity index is 1430. The van der Waals surface area contributed by atoms with Crippen LogP contribution in [0.1, 0.15) is 11.3 Å². The Balaban J connectivity index is 1.25. The molecule has 11 nitrogen and oxygen atoms in total. The number of anilines is 2. The second kappa shape index (κ2) is 12.2. The first kappa shape index (κ1) is 27.1. The van der Waals surface area contributed by atoms with Gasteiger partial charge in [-0.15, -0.1) is 0 Å². The van der Waals surface area contributed by atoms with Gasteiger partial charge in [-0.2, -0.15) is 15.2 Å². The van der Waals surface area contributed by atoms with Gasteiger partial charge in [0.05, 0.1) is 18.8 Å². The van der Waals surface area contributed by atoms with Gasteiger partial charge < -0.3 is 33.8 Å². The van der Waals surface area contributed by atoms with Gasteiger partial charge in [-0.3, -0.25) is 0 Å². The molecule has 0 radical (unpaired) electrons. The summed E-state index contributed by atoms with van der Waals surface area (Å²) in [7, 11) is 2.08. The lowest BCUT2D eigenvalue weighted by molar-refractivity contribution is -0.0417. The van der Waals surface area contributed by atoms with Crippen molar-refractivity contribution in [2.24, 2.45) is 0 Å². The zero-order valence-electron chi connectivity index (χ0n) is 23.4. The third-order valence-electron chi connectivity index (χ3n) is 7.97. The van der Waals surface area contributed by atoms with Gasteiger partial charge in [-0.25, -0.2) is 4.79 Å². The van der Waals surface area contributed by atoms with E-state index in [1.165, 1.54) is 16.5 Å². The summed E-state index contributed by atoms with van der Waals surface area (Å²) in [6.45, 7) is 6.23. The molecule has 3 aliphatic rings. The molecule has 4 heterocycles. The van der Waals surface area contributed by atoms with E-state index in [9.17, 15) is 4.79 Å². The number of ether oxygens (including phenoxy) is 3. The summed E-state index contributed by atoms with van der Waals surface area (Å²) in [5.41, 5.74) is 3.28. The Morgan fingerprint density at radius 1 is 1.05 bits per heavy atom. The molecule has 0 aliphatic carbocycles. The fourth-order valence-corrected chi connectivity index (χ4v) is 5.83. The number of hydrogen-bond donors (Lipinski definition) is 0. The molecule has 214 valence electrons. The highest BCUT2D eigenvalue weighted by atomic mass is 16.6. The van der Waals surface area contributed by atoms with Gasteiger partial charge in [0.15, 0.2) is 6.61 Å². The van der Waals surface area contributed by atoms with Crippen LogP contribution in [0.3, 0.4) is 0 Å². The van der Waals surface area contributed by atoms with Gasteiger partial charge in [-0.1, -0.05) is 36.4 Å². The van der Waals surface area contributed by atoms with Crippen LogP contribution in [-0.4, -0.2) is 105 Å². The summed E-state index contributed by atoms with van der Waals surface area (Å²) >= 11 is 0. The Morgan fingerprint density at radius 2 is 1.88 bits per heavy atom. The van der Waals surface area contributed by atoms with Crippen LogP contribution in [0.5, 0.6) is 6.01 Å². The molecule has 1 aromatic heterocycles. The summed E-state index contributed by atoms with van der Waals surface area (Å²) < 4.78 is 17.1. The second-order valence-corrected chi connectivity index (χ2v) is 10.7. The van der Waals surface area contributed by atoms with Crippen LogP contribution in [-0.2, 0) is 22.4 Å². The predicted molar refractivity (Wildman–Crippen MR) is 154 cm³/mol. The number of carbonyl (C=O) groups excluding carboxylic acids is 1. The van der Waals surface area contributed by atoms with Crippen molar-refractivity contribution in [1.29, 1.82) is 5.26 Å². The van der Waals surface area contributed by atoms with Crippen molar-refractivity contribution in [3.8, 4) is 12.1 Å². The van der Waals surface area contributed by atoms with E-state index in [1.54, 1.807) is 4.90 Å². The van der Waals surface area contributed by atoms with E-state index in [2.05, 4.69) is 64.2 Å². The zero-order valence-corrected chi connectivity index (χ0v) is 23.4. The maximum Gasteiger partial charge on any atom is 0.410 e. The molecule has 0 saturated carbocycles. The van der Waals surface area contributed by atoms with Crippen molar-refractivity contribution in [2.75, 3.05) is 82.5 Å². The van der Waals surface area contributed by atoms with Crippen LogP contribution in [0.2, 0.25) is 0 Å². The fourth-order valence-electron chi connectivity index (χ4n) is 5.83. The van der Waals surface area contributed by atoms with Crippen LogP contribution in [0, 0.1) is 11.3 Å². The van der Waals surface area contributed by atoms with E-state index < -0.39 is 6.09 Å². The van der Waals surface area contributed by atoms with Crippen molar-refractivity contribution in [3.05, 3.63) is 53.7 Å². The second-order valence-electron chi connectivity index (χ2n) is 10.7.